The molecular weight excluding hydrogens is 301 g/mol. The maximum atomic E-state index is 12.4. The highest BCUT2D eigenvalue weighted by molar-refractivity contribution is 5.94. The largest absolute Gasteiger partial charge is 0.451 e. The second-order valence-corrected chi connectivity index (χ2v) is 4.28. The minimum atomic E-state index is -4.44. The van der Waals surface area contributed by atoms with E-state index < -0.39 is 30.2 Å². The lowest BCUT2D eigenvalue weighted by atomic mass is 10.2. The SMILES string of the molecule is O=C(COC(=O)c1ccc[nH]1)Nc1ccc(C(F)(F)F)cc1. The summed E-state index contributed by atoms with van der Waals surface area (Å²) in [7, 11) is 0. The maximum Gasteiger partial charge on any atom is 0.416 e. The third-order valence-electron chi connectivity index (χ3n) is 2.65. The van der Waals surface area contributed by atoms with Crippen molar-refractivity contribution in [2.24, 2.45) is 0 Å². The molecule has 8 heteroatoms. The Morgan fingerprint density at radius 1 is 1.14 bits per heavy atom. The predicted molar refractivity (Wildman–Crippen MR) is 71.1 cm³/mol. The Morgan fingerprint density at radius 2 is 1.82 bits per heavy atom. The molecule has 0 aliphatic heterocycles. The zero-order chi connectivity index (χ0) is 16.2. The number of aromatic nitrogens is 1. The van der Waals surface area contributed by atoms with Gasteiger partial charge in [-0.3, -0.25) is 4.79 Å². The van der Waals surface area contributed by atoms with Gasteiger partial charge in [0.25, 0.3) is 5.91 Å². The van der Waals surface area contributed by atoms with E-state index in [0.29, 0.717) is 0 Å². The Bertz CT molecular complexity index is 649. The molecule has 2 N–H and O–H groups in total. The number of nitrogens with one attached hydrogen (secondary N) is 2. The molecule has 0 aliphatic rings. The average molecular weight is 312 g/mol. The van der Waals surface area contributed by atoms with E-state index in [1.54, 1.807) is 6.07 Å². The second-order valence-electron chi connectivity index (χ2n) is 4.28. The molecule has 0 bridgehead atoms. The van der Waals surface area contributed by atoms with E-state index in [1.165, 1.54) is 12.3 Å². The summed E-state index contributed by atoms with van der Waals surface area (Å²) >= 11 is 0. The van der Waals surface area contributed by atoms with E-state index in [4.69, 9.17) is 4.74 Å². The second kappa shape index (κ2) is 6.33. The van der Waals surface area contributed by atoms with E-state index in [1.807, 2.05) is 0 Å². The van der Waals surface area contributed by atoms with Gasteiger partial charge < -0.3 is 15.0 Å². The highest BCUT2D eigenvalue weighted by Crippen LogP contribution is 2.29. The summed E-state index contributed by atoms with van der Waals surface area (Å²) < 4.78 is 41.9. The van der Waals surface area contributed by atoms with Crippen LogP contribution in [-0.4, -0.2) is 23.5 Å². The summed E-state index contributed by atoms with van der Waals surface area (Å²) in [6, 6.07) is 7.01. The summed E-state index contributed by atoms with van der Waals surface area (Å²) in [5.74, 6) is -1.35. The van der Waals surface area contributed by atoms with Crippen LogP contribution in [0.3, 0.4) is 0 Å². The van der Waals surface area contributed by atoms with Crippen LogP contribution in [0, 0.1) is 0 Å². The number of amides is 1. The van der Waals surface area contributed by atoms with Crippen LogP contribution in [0.25, 0.3) is 0 Å². The summed E-state index contributed by atoms with van der Waals surface area (Å²) in [4.78, 5) is 25.6. The molecule has 1 aromatic carbocycles. The van der Waals surface area contributed by atoms with Crippen LogP contribution < -0.4 is 5.32 Å². The molecule has 2 aromatic rings. The van der Waals surface area contributed by atoms with Crippen LogP contribution in [0.1, 0.15) is 16.1 Å². The molecule has 0 saturated heterocycles. The lowest BCUT2D eigenvalue weighted by Gasteiger charge is -2.09. The number of H-pyrrole nitrogens is 1. The molecule has 0 fully saturated rings. The number of esters is 1. The number of halogens is 3. The van der Waals surface area contributed by atoms with Gasteiger partial charge in [-0.15, -0.1) is 0 Å². The molecule has 1 aromatic heterocycles. The molecule has 0 aliphatic carbocycles. The summed E-state index contributed by atoms with van der Waals surface area (Å²) in [5.41, 5.74) is -0.445. The minimum absolute atomic E-state index is 0.175. The van der Waals surface area contributed by atoms with Crippen LogP contribution in [0.15, 0.2) is 42.6 Å². The third-order valence-corrected chi connectivity index (χ3v) is 2.65. The fraction of sp³-hybridized carbons (Fsp3) is 0.143. The van der Waals surface area contributed by atoms with Crippen LogP contribution in [0.5, 0.6) is 0 Å². The van der Waals surface area contributed by atoms with Gasteiger partial charge in [0.2, 0.25) is 0 Å². The number of hydrogen-bond donors (Lipinski definition) is 2. The van der Waals surface area contributed by atoms with Crippen molar-refractivity contribution in [3.8, 4) is 0 Å². The Morgan fingerprint density at radius 3 is 2.36 bits per heavy atom. The smallest absolute Gasteiger partial charge is 0.416 e. The van der Waals surface area contributed by atoms with E-state index >= 15 is 0 Å². The number of anilines is 1. The zero-order valence-corrected chi connectivity index (χ0v) is 11.1. The van der Waals surface area contributed by atoms with E-state index in [0.717, 1.165) is 24.3 Å². The first kappa shape index (κ1) is 15.6. The van der Waals surface area contributed by atoms with Gasteiger partial charge >= 0.3 is 12.1 Å². The minimum Gasteiger partial charge on any atom is -0.451 e. The van der Waals surface area contributed by atoms with Crippen molar-refractivity contribution in [3.05, 3.63) is 53.9 Å². The van der Waals surface area contributed by atoms with Gasteiger partial charge in [-0.1, -0.05) is 0 Å². The lowest BCUT2D eigenvalue weighted by Crippen LogP contribution is -2.21. The quantitative estimate of drug-likeness (QED) is 0.853. The first-order valence-corrected chi connectivity index (χ1v) is 6.14. The molecule has 0 spiro atoms. The van der Waals surface area contributed by atoms with Crippen LogP contribution in [0.4, 0.5) is 18.9 Å². The zero-order valence-electron chi connectivity index (χ0n) is 11.1. The van der Waals surface area contributed by atoms with Gasteiger partial charge in [-0.05, 0) is 36.4 Å². The van der Waals surface area contributed by atoms with Crippen molar-refractivity contribution < 1.29 is 27.5 Å². The van der Waals surface area contributed by atoms with Crippen molar-refractivity contribution in [2.45, 2.75) is 6.18 Å². The number of alkyl halides is 3. The lowest BCUT2D eigenvalue weighted by molar-refractivity contribution is -0.137. The first-order chi connectivity index (χ1) is 10.4. The predicted octanol–water partition coefficient (Wildman–Crippen LogP) is 2.83. The molecule has 116 valence electrons. The highest BCUT2D eigenvalue weighted by atomic mass is 19.4. The summed E-state index contributed by atoms with van der Waals surface area (Å²) in [5, 5.41) is 2.33. The van der Waals surface area contributed by atoms with E-state index in [-0.39, 0.29) is 11.4 Å². The Balaban J connectivity index is 1.86. The van der Waals surface area contributed by atoms with E-state index in [2.05, 4.69) is 10.3 Å². The average Bonchev–Trinajstić information content (AvgIpc) is 2.98. The molecule has 0 unspecified atom stereocenters. The van der Waals surface area contributed by atoms with Gasteiger partial charge in [0.15, 0.2) is 6.61 Å². The summed E-state index contributed by atoms with van der Waals surface area (Å²) in [6.07, 6.45) is -2.91. The maximum absolute atomic E-state index is 12.4. The Kier molecular flexibility index (Phi) is 4.50. The van der Waals surface area contributed by atoms with Crippen LogP contribution in [0.2, 0.25) is 0 Å². The molecule has 0 radical (unpaired) electrons. The Labute approximate surface area is 123 Å². The van der Waals surface area contributed by atoms with Crippen molar-refractivity contribution in [1.82, 2.24) is 4.98 Å². The number of ether oxygens (including phenoxy) is 1. The Hall–Kier alpha value is -2.77. The molecule has 0 atom stereocenters. The molecule has 2 rings (SSSR count). The molecule has 0 saturated carbocycles. The number of aromatic amines is 1. The number of carbonyl (C=O) groups excluding carboxylic acids is 2. The number of carbonyl (C=O) groups is 2. The number of rotatable bonds is 4. The highest BCUT2D eigenvalue weighted by Gasteiger charge is 2.29. The van der Waals surface area contributed by atoms with Gasteiger partial charge in [-0.25, -0.2) is 4.79 Å². The first-order valence-electron chi connectivity index (χ1n) is 6.14. The molecule has 5 nitrogen and oxygen atoms in total. The third kappa shape index (κ3) is 4.11. The van der Waals surface area contributed by atoms with Crippen molar-refractivity contribution in [3.63, 3.8) is 0 Å². The van der Waals surface area contributed by atoms with Gasteiger partial charge in [0.05, 0.1) is 5.56 Å². The molecular formula is C14H11F3N2O3. The topological polar surface area (TPSA) is 71.2 Å². The fourth-order valence-electron chi connectivity index (χ4n) is 1.61. The fourth-order valence-corrected chi connectivity index (χ4v) is 1.61. The summed E-state index contributed by atoms with van der Waals surface area (Å²) in [6.45, 7) is -0.543. The number of hydrogen-bond acceptors (Lipinski definition) is 3. The number of benzene rings is 1. The molecule has 22 heavy (non-hydrogen) atoms. The van der Waals surface area contributed by atoms with Gasteiger partial charge in [0.1, 0.15) is 5.69 Å². The standard InChI is InChI=1S/C14H11F3N2O3/c15-14(16,17)9-3-5-10(6-4-9)19-12(20)8-22-13(21)11-2-1-7-18-11/h1-7,18H,8H2,(H,19,20). The monoisotopic (exact) mass is 312 g/mol. The van der Waals surface area contributed by atoms with Crippen molar-refractivity contribution >= 4 is 17.6 Å². The molecule has 1 amide bonds. The van der Waals surface area contributed by atoms with E-state index in [9.17, 15) is 22.8 Å². The van der Waals surface area contributed by atoms with Crippen LogP contribution >= 0.6 is 0 Å². The molecule has 1 heterocycles. The normalized spacial score (nSPS) is 11.0. The van der Waals surface area contributed by atoms with Crippen LogP contribution in [-0.2, 0) is 15.7 Å². The van der Waals surface area contributed by atoms with Gasteiger partial charge in [-0.2, -0.15) is 13.2 Å². The van der Waals surface area contributed by atoms with Gasteiger partial charge in [0, 0.05) is 11.9 Å². The van der Waals surface area contributed by atoms with Crippen molar-refractivity contribution in [1.29, 1.82) is 0 Å². The van der Waals surface area contributed by atoms with Crippen molar-refractivity contribution in [2.75, 3.05) is 11.9 Å².